The van der Waals surface area contributed by atoms with E-state index in [-0.39, 0.29) is 0 Å². The predicted molar refractivity (Wildman–Crippen MR) is 99.9 cm³/mol. The van der Waals surface area contributed by atoms with Crippen molar-refractivity contribution >= 4 is 40.7 Å². The molecule has 0 fully saturated rings. The Morgan fingerprint density at radius 1 is 1.12 bits per heavy atom. The van der Waals surface area contributed by atoms with Crippen LogP contribution in [0.25, 0.3) is 0 Å². The minimum absolute atomic E-state index is 0.314. The van der Waals surface area contributed by atoms with Crippen LogP contribution in [-0.2, 0) is 6.54 Å². The Morgan fingerprint density at radius 2 is 1.96 bits per heavy atom. The summed E-state index contributed by atoms with van der Waals surface area (Å²) >= 11 is 12.1. The molecule has 0 bridgehead atoms. The van der Waals surface area contributed by atoms with Gasteiger partial charge < -0.3 is 15.4 Å². The topological polar surface area (TPSA) is 72.0 Å². The van der Waals surface area contributed by atoms with Crippen LogP contribution >= 0.6 is 23.2 Å². The van der Waals surface area contributed by atoms with Gasteiger partial charge in [-0.05, 0) is 24.3 Å². The Morgan fingerprint density at radius 3 is 2.80 bits per heavy atom. The Hall–Kier alpha value is -2.57. The van der Waals surface area contributed by atoms with E-state index in [2.05, 4.69) is 25.8 Å². The van der Waals surface area contributed by atoms with Crippen molar-refractivity contribution in [3.8, 4) is 5.75 Å². The van der Waals surface area contributed by atoms with Crippen LogP contribution in [0.4, 0.5) is 17.5 Å². The first-order valence-electron chi connectivity index (χ1n) is 7.43. The zero-order valence-electron chi connectivity index (χ0n) is 13.3. The number of anilines is 3. The fourth-order valence-corrected chi connectivity index (χ4v) is 2.53. The highest BCUT2D eigenvalue weighted by atomic mass is 35.5. The predicted octanol–water partition coefficient (Wildman–Crippen LogP) is 4.54. The summed E-state index contributed by atoms with van der Waals surface area (Å²) in [6, 6.07) is 12.9. The zero-order chi connectivity index (χ0) is 17.6. The van der Waals surface area contributed by atoms with Gasteiger partial charge in [0.25, 0.3) is 0 Å². The molecule has 0 spiro atoms. The highest BCUT2D eigenvalue weighted by molar-refractivity contribution is 6.35. The van der Waals surface area contributed by atoms with Crippen LogP contribution in [0.2, 0.25) is 10.0 Å². The number of ether oxygens (including phenoxy) is 1. The number of benzene rings is 2. The van der Waals surface area contributed by atoms with E-state index in [0.29, 0.717) is 34.0 Å². The Balaban J connectivity index is 1.72. The van der Waals surface area contributed by atoms with E-state index >= 15 is 0 Å². The van der Waals surface area contributed by atoms with Gasteiger partial charge in [-0.15, -0.1) is 5.10 Å². The number of halogens is 2. The number of aromatic nitrogens is 3. The third-order valence-electron chi connectivity index (χ3n) is 3.39. The van der Waals surface area contributed by atoms with Gasteiger partial charge in [-0.25, -0.2) is 0 Å². The Bertz CT molecular complexity index is 875. The molecule has 8 heteroatoms. The number of methoxy groups -OCH3 is 1. The average molecular weight is 376 g/mol. The summed E-state index contributed by atoms with van der Waals surface area (Å²) in [6.45, 7) is 0.542. The molecule has 3 rings (SSSR count). The molecule has 0 unspecified atom stereocenters. The third-order valence-corrected chi connectivity index (χ3v) is 3.95. The Kier molecular flexibility index (Phi) is 5.53. The van der Waals surface area contributed by atoms with Crippen molar-refractivity contribution in [2.45, 2.75) is 6.54 Å². The van der Waals surface area contributed by atoms with Crippen LogP contribution in [0.5, 0.6) is 5.75 Å². The van der Waals surface area contributed by atoms with Gasteiger partial charge in [-0.2, -0.15) is 10.1 Å². The lowest BCUT2D eigenvalue weighted by Crippen LogP contribution is -2.06. The fraction of sp³-hybridized carbons (Fsp3) is 0.118. The van der Waals surface area contributed by atoms with E-state index in [4.69, 9.17) is 27.9 Å². The molecular formula is C17H15Cl2N5O. The highest BCUT2D eigenvalue weighted by Crippen LogP contribution is 2.27. The summed E-state index contributed by atoms with van der Waals surface area (Å²) in [5, 5.41) is 15.2. The first kappa shape index (κ1) is 17.3. The van der Waals surface area contributed by atoms with Crippen molar-refractivity contribution in [2.24, 2.45) is 0 Å². The van der Waals surface area contributed by atoms with Gasteiger partial charge in [0.2, 0.25) is 5.95 Å². The lowest BCUT2D eigenvalue weighted by Gasteiger charge is -2.11. The second kappa shape index (κ2) is 8.00. The normalized spacial score (nSPS) is 10.4. The molecule has 0 aliphatic rings. The summed E-state index contributed by atoms with van der Waals surface area (Å²) in [6.07, 6.45) is 1.54. The lowest BCUT2D eigenvalue weighted by molar-refractivity contribution is 0.410. The van der Waals surface area contributed by atoms with E-state index in [9.17, 15) is 0 Å². The molecule has 1 heterocycles. The molecule has 0 atom stereocenters. The van der Waals surface area contributed by atoms with Gasteiger partial charge in [-0.3, -0.25) is 0 Å². The van der Waals surface area contributed by atoms with Crippen LogP contribution in [0.3, 0.4) is 0 Å². The minimum atomic E-state index is 0.314. The molecule has 1 aromatic heterocycles. The molecular weight excluding hydrogens is 361 g/mol. The molecule has 2 N–H and O–H groups in total. The molecule has 0 aliphatic heterocycles. The molecule has 0 aliphatic carbocycles. The standard InChI is InChI=1S/C17H15Cl2N5O/c1-25-15-5-3-2-4-11(15)9-20-16-10-21-24-17(23-16)22-14-8-12(18)6-7-13(14)19/h2-8,10H,9H2,1H3,(H2,20,22,23,24). The molecule has 128 valence electrons. The zero-order valence-corrected chi connectivity index (χ0v) is 14.8. The number of hydrogen-bond donors (Lipinski definition) is 2. The van der Waals surface area contributed by atoms with Crippen molar-refractivity contribution in [1.82, 2.24) is 15.2 Å². The van der Waals surface area contributed by atoms with Crippen molar-refractivity contribution in [2.75, 3.05) is 17.7 Å². The van der Waals surface area contributed by atoms with E-state index in [0.717, 1.165) is 11.3 Å². The van der Waals surface area contributed by atoms with Gasteiger partial charge in [0, 0.05) is 17.1 Å². The van der Waals surface area contributed by atoms with Crippen LogP contribution in [0.15, 0.2) is 48.7 Å². The molecule has 0 amide bonds. The highest BCUT2D eigenvalue weighted by Gasteiger charge is 2.07. The van der Waals surface area contributed by atoms with Crippen molar-refractivity contribution in [3.05, 3.63) is 64.3 Å². The van der Waals surface area contributed by atoms with Gasteiger partial charge in [-0.1, -0.05) is 41.4 Å². The average Bonchev–Trinajstić information content (AvgIpc) is 2.63. The van der Waals surface area contributed by atoms with Gasteiger partial charge in [0.1, 0.15) is 5.75 Å². The van der Waals surface area contributed by atoms with Crippen LogP contribution in [0.1, 0.15) is 5.56 Å². The molecule has 0 radical (unpaired) electrons. The smallest absolute Gasteiger partial charge is 0.249 e. The molecule has 0 saturated heterocycles. The van der Waals surface area contributed by atoms with Gasteiger partial charge >= 0.3 is 0 Å². The Labute approximate surface area is 155 Å². The van der Waals surface area contributed by atoms with E-state index in [1.54, 1.807) is 31.5 Å². The summed E-state index contributed by atoms with van der Waals surface area (Å²) < 4.78 is 5.33. The maximum atomic E-state index is 6.13. The van der Waals surface area contributed by atoms with Crippen molar-refractivity contribution in [1.29, 1.82) is 0 Å². The van der Waals surface area contributed by atoms with Crippen LogP contribution in [-0.4, -0.2) is 22.3 Å². The number of rotatable bonds is 6. The number of nitrogens with zero attached hydrogens (tertiary/aromatic N) is 3. The number of nitrogens with one attached hydrogen (secondary N) is 2. The van der Waals surface area contributed by atoms with Gasteiger partial charge in [0.05, 0.1) is 24.0 Å². The maximum Gasteiger partial charge on any atom is 0.249 e. The fourth-order valence-electron chi connectivity index (χ4n) is 2.19. The van der Waals surface area contributed by atoms with E-state index < -0.39 is 0 Å². The number of para-hydroxylation sites is 1. The first-order chi connectivity index (χ1) is 12.2. The molecule has 2 aromatic carbocycles. The van der Waals surface area contributed by atoms with Crippen LogP contribution < -0.4 is 15.4 Å². The lowest BCUT2D eigenvalue weighted by atomic mass is 10.2. The van der Waals surface area contributed by atoms with E-state index in [1.165, 1.54) is 0 Å². The summed E-state index contributed by atoms with van der Waals surface area (Å²) in [5.74, 6) is 1.69. The largest absolute Gasteiger partial charge is 0.496 e. The molecule has 6 nitrogen and oxygen atoms in total. The SMILES string of the molecule is COc1ccccc1CNc1cnnc(Nc2cc(Cl)ccc2Cl)n1. The molecule has 25 heavy (non-hydrogen) atoms. The van der Waals surface area contributed by atoms with Gasteiger partial charge in [0.15, 0.2) is 5.82 Å². The second-order valence-corrected chi connectivity index (χ2v) is 5.92. The molecule has 0 saturated carbocycles. The maximum absolute atomic E-state index is 6.13. The van der Waals surface area contributed by atoms with Crippen molar-refractivity contribution < 1.29 is 4.74 Å². The second-order valence-electron chi connectivity index (χ2n) is 5.08. The third kappa shape index (κ3) is 4.49. The van der Waals surface area contributed by atoms with Crippen molar-refractivity contribution in [3.63, 3.8) is 0 Å². The first-order valence-corrected chi connectivity index (χ1v) is 8.19. The summed E-state index contributed by atoms with van der Waals surface area (Å²) in [7, 11) is 1.64. The van der Waals surface area contributed by atoms with Crippen LogP contribution in [0, 0.1) is 0 Å². The quantitative estimate of drug-likeness (QED) is 0.658. The summed E-state index contributed by atoms with van der Waals surface area (Å²) in [4.78, 5) is 4.37. The minimum Gasteiger partial charge on any atom is -0.496 e. The monoisotopic (exact) mass is 375 g/mol. The molecule has 3 aromatic rings. The summed E-state index contributed by atoms with van der Waals surface area (Å²) in [5.41, 5.74) is 1.62. The van der Waals surface area contributed by atoms with E-state index in [1.807, 2.05) is 24.3 Å². The number of hydrogen-bond acceptors (Lipinski definition) is 6.